The van der Waals surface area contributed by atoms with Gasteiger partial charge in [-0.2, -0.15) is 5.10 Å². The lowest BCUT2D eigenvalue weighted by Gasteiger charge is -2.37. The molecule has 0 spiro atoms. The fourth-order valence-electron chi connectivity index (χ4n) is 2.71. The summed E-state index contributed by atoms with van der Waals surface area (Å²) in [6, 6.07) is 0. The number of ether oxygens (including phenoxy) is 1. The molecule has 0 amide bonds. The first-order valence-electron chi connectivity index (χ1n) is 7.08. The molecule has 1 aromatic heterocycles. The van der Waals surface area contributed by atoms with E-state index in [1.54, 1.807) is 0 Å². The fourth-order valence-corrected chi connectivity index (χ4v) is 2.71. The zero-order valence-corrected chi connectivity index (χ0v) is 11.6. The maximum absolute atomic E-state index is 5.52. The summed E-state index contributed by atoms with van der Waals surface area (Å²) in [4.78, 5) is 0. The van der Waals surface area contributed by atoms with E-state index < -0.39 is 0 Å². The van der Waals surface area contributed by atoms with Crippen molar-refractivity contribution in [2.45, 2.75) is 39.7 Å². The highest BCUT2D eigenvalue weighted by Gasteiger charge is 2.32. The summed E-state index contributed by atoms with van der Waals surface area (Å²) in [5.74, 6) is 0. The van der Waals surface area contributed by atoms with Crippen molar-refractivity contribution in [3.8, 4) is 0 Å². The van der Waals surface area contributed by atoms with E-state index in [9.17, 15) is 0 Å². The molecule has 0 radical (unpaired) electrons. The van der Waals surface area contributed by atoms with Crippen molar-refractivity contribution in [1.82, 2.24) is 15.1 Å². The van der Waals surface area contributed by atoms with E-state index in [4.69, 9.17) is 4.74 Å². The van der Waals surface area contributed by atoms with E-state index in [1.807, 2.05) is 10.9 Å². The average Bonchev–Trinajstić information content (AvgIpc) is 2.85. The van der Waals surface area contributed by atoms with Crippen LogP contribution >= 0.6 is 0 Å². The number of aromatic nitrogens is 2. The van der Waals surface area contributed by atoms with Gasteiger partial charge in [0.2, 0.25) is 0 Å². The second-order valence-corrected chi connectivity index (χ2v) is 5.27. The van der Waals surface area contributed by atoms with Gasteiger partial charge in [-0.3, -0.25) is 4.68 Å². The molecule has 18 heavy (non-hydrogen) atoms. The summed E-state index contributed by atoms with van der Waals surface area (Å²) in [5.41, 5.74) is 1.72. The molecule has 1 saturated heterocycles. The van der Waals surface area contributed by atoms with Gasteiger partial charge in [-0.1, -0.05) is 6.92 Å². The van der Waals surface area contributed by atoms with Crippen LogP contribution in [0.25, 0.3) is 0 Å². The molecular weight excluding hydrogens is 226 g/mol. The Balaban J connectivity index is 2.03. The summed E-state index contributed by atoms with van der Waals surface area (Å²) in [6.45, 7) is 9.16. The Morgan fingerprint density at radius 2 is 2.17 bits per heavy atom. The van der Waals surface area contributed by atoms with Gasteiger partial charge in [0.05, 0.1) is 6.20 Å². The molecule has 1 aliphatic rings. The Bertz CT molecular complexity index is 356. The second kappa shape index (κ2) is 6.34. The van der Waals surface area contributed by atoms with Crippen molar-refractivity contribution in [1.29, 1.82) is 0 Å². The van der Waals surface area contributed by atoms with Crippen LogP contribution < -0.4 is 5.32 Å². The Morgan fingerprint density at radius 3 is 2.78 bits per heavy atom. The zero-order chi connectivity index (χ0) is 12.8. The Morgan fingerprint density at radius 1 is 1.39 bits per heavy atom. The van der Waals surface area contributed by atoms with E-state index in [2.05, 4.69) is 30.5 Å². The van der Waals surface area contributed by atoms with Crippen LogP contribution in [0.3, 0.4) is 0 Å². The van der Waals surface area contributed by atoms with Crippen LogP contribution in [0.1, 0.15) is 32.3 Å². The number of rotatable bonds is 6. The van der Waals surface area contributed by atoms with Crippen LogP contribution in [-0.2, 0) is 17.7 Å². The molecule has 0 atom stereocenters. The third kappa shape index (κ3) is 3.33. The van der Waals surface area contributed by atoms with Gasteiger partial charge >= 0.3 is 0 Å². The van der Waals surface area contributed by atoms with E-state index >= 15 is 0 Å². The van der Waals surface area contributed by atoms with E-state index in [1.165, 1.54) is 5.56 Å². The van der Waals surface area contributed by atoms with E-state index in [-0.39, 0.29) is 0 Å². The first-order valence-corrected chi connectivity index (χ1v) is 7.08. The number of aryl methyl sites for hydroxylation is 1. The molecule has 1 N–H and O–H groups in total. The lowest BCUT2D eigenvalue weighted by atomic mass is 9.75. The molecule has 102 valence electrons. The second-order valence-electron chi connectivity index (χ2n) is 5.27. The largest absolute Gasteiger partial charge is 0.381 e. The lowest BCUT2D eigenvalue weighted by molar-refractivity contribution is 0.0152. The van der Waals surface area contributed by atoms with Gasteiger partial charge in [0.15, 0.2) is 0 Å². The number of hydrogen-bond acceptors (Lipinski definition) is 3. The molecule has 0 saturated carbocycles. The highest BCUT2D eigenvalue weighted by atomic mass is 16.5. The molecular formula is C14H25N3O. The highest BCUT2D eigenvalue weighted by Crippen LogP contribution is 2.33. The van der Waals surface area contributed by atoms with Gasteiger partial charge in [-0.05, 0) is 43.7 Å². The van der Waals surface area contributed by atoms with Crippen molar-refractivity contribution < 1.29 is 4.74 Å². The minimum atomic E-state index is 0.357. The molecule has 0 bridgehead atoms. The molecule has 4 heteroatoms. The third-order valence-electron chi connectivity index (χ3n) is 3.89. The Labute approximate surface area is 110 Å². The normalized spacial score (nSPS) is 19.0. The van der Waals surface area contributed by atoms with Crippen LogP contribution in [0.2, 0.25) is 0 Å². The zero-order valence-electron chi connectivity index (χ0n) is 11.6. The SMILES string of the molecule is CCNCC1(Cc2cnn(CC)c2)CCOCC1. The molecule has 0 aromatic carbocycles. The molecule has 2 rings (SSSR count). The predicted molar refractivity (Wildman–Crippen MR) is 72.6 cm³/mol. The Hall–Kier alpha value is -0.870. The van der Waals surface area contributed by atoms with Crippen LogP contribution in [0.4, 0.5) is 0 Å². The smallest absolute Gasteiger partial charge is 0.0521 e. The summed E-state index contributed by atoms with van der Waals surface area (Å²) in [7, 11) is 0. The summed E-state index contributed by atoms with van der Waals surface area (Å²) < 4.78 is 7.53. The van der Waals surface area contributed by atoms with Crippen molar-refractivity contribution >= 4 is 0 Å². The van der Waals surface area contributed by atoms with Gasteiger partial charge in [0, 0.05) is 32.5 Å². The molecule has 2 heterocycles. The topological polar surface area (TPSA) is 39.1 Å². The number of nitrogens with zero attached hydrogens (tertiary/aromatic N) is 2. The predicted octanol–water partition coefficient (Wildman–Crippen LogP) is 1.85. The van der Waals surface area contributed by atoms with E-state index in [0.717, 1.165) is 52.1 Å². The van der Waals surface area contributed by atoms with Gasteiger partial charge in [0.1, 0.15) is 0 Å². The van der Waals surface area contributed by atoms with Crippen molar-refractivity contribution in [3.63, 3.8) is 0 Å². The third-order valence-corrected chi connectivity index (χ3v) is 3.89. The first kappa shape index (κ1) is 13.6. The minimum absolute atomic E-state index is 0.357. The maximum Gasteiger partial charge on any atom is 0.0521 e. The molecule has 1 aliphatic heterocycles. The molecule has 0 aliphatic carbocycles. The average molecular weight is 251 g/mol. The Kier molecular flexibility index (Phi) is 4.78. The van der Waals surface area contributed by atoms with Crippen molar-refractivity contribution in [2.24, 2.45) is 5.41 Å². The summed E-state index contributed by atoms with van der Waals surface area (Å²) in [5, 5.41) is 7.89. The van der Waals surface area contributed by atoms with Crippen molar-refractivity contribution in [2.75, 3.05) is 26.3 Å². The van der Waals surface area contributed by atoms with Crippen LogP contribution in [0.15, 0.2) is 12.4 Å². The number of nitrogens with one attached hydrogen (secondary N) is 1. The van der Waals surface area contributed by atoms with Gasteiger partial charge in [-0.25, -0.2) is 0 Å². The van der Waals surface area contributed by atoms with Gasteiger partial charge in [-0.15, -0.1) is 0 Å². The lowest BCUT2D eigenvalue weighted by Crippen LogP contribution is -2.40. The molecule has 4 nitrogen and oxygen atoms in total. The fraction of sp³-hybridized carbons (Fsp3) is 0.786. The monoisotopic (exact) mass is 251 g/mol. The van der Waals surface area contributed by atoms with Gasteiger partial charge in [0.25, 0.3) is 0 Å². The summed E-state index contributed by atoms with van der Waals surface area (Å²) >= 11 is 0. The van der Waals surface area contributed by atoms with Crippen molar-refractivity contribution in [3.05, 3.63) is 18.0 Å². The maximum atomic E-state index is 5.52. The van der Waals surface area contributed by atoms with Crippen LogP contribution in [0, 0.1) is 5.41 Å². The van der Waals surface area contributed by atoms with Crippen LogP contribution in [0.5, 0.6) is 0 Å². The highest BCUT2D eigenvalue weighted by molar-refractivity contribution is 5.08. The molecule has 0 unspecified atom stereocenters. The standard InChI is InChI=1S/C14H25N3O/c1-3-15-12-14(5-7-18-8-6-14)9-13-10-16-17(4-2)11-13/h10-11,15H,3-9,12H2,1-2H3. The first-order chi connectivity index (χ1) is 8.78. The van der Waals surface area contributed by atoms with E-state index in [0.29, 0.717) is 5.41 Å². The van der Waals surface area contributed by atoms with Crippen LogP contribution in [-0.4, -0.2) is 36.1 Å². The quantitative estimate of drug-likeness (QED) is 0.838. The molecule has 1 aromatic rings. The number of hydrogen-bond donors (Lipinski definition) is 1. The summed E-state index contributed by atoms with van der Waals surface area (Å²) in [6.07, 6.45) is 7.62. The minimum Gasteiger partial charge on any atom is -0.381 e. The molecule has 1 fully saturated rings. The van der Waals surface area contributed by atoms with Gasteiger partial charge < -0.3 is 10.1 Å².